The second-order valence-electron chi connectivity index (χ2n) is 9.49. The Bertz CT molecular complexity index is 1500. The Morgan fingerprint density at radius 3 is 2.22 bits per heavy atom. The Labute approximate surface area is 239 Å². The predicted molar refractivity (Wildman–Crippen MR) is 161 cm³/mol. The summed E-state index contributed by atoms with van der Waals surface area (Å²) in [5.74, 6) is -0.181. The molecule has 3 N–H and O–H groups in total. The highest BCUT2D eigenvalue weighted by Crippen LogP contribution is 2.40. The van der Waals surface area contributed by atoms with Crippen LogP contribution in [0.1, 0.15) is 23.6 Å². The van der Waals surface area contributed by atoms with E-state index < -0.39 is 5.82 Å². The molecule has 212 valence electrons. The average Bonchev–Trinajstić information content (AvgIpc) is 2.97. The van der Waals surface area contributed by atoms with Gasteiger partial charge in [-0.15, -0.1) is 10.2 Å². The Kier molecular flexibility index (Phi) is 10.0. The van der Waals surface area contributed by atoms with Gasteiger partial charge in [0.05, 0.1) is 30.8 Å². The van der Waals surface area contributed by atoms with Crippen LogP contribution >= 0.6 is 0 Å². The number of halogens is 1. The van der Waals surface area contributed by atoms with Gasteiger partial charge in [-0.1, -0.05) is 60.7 Å². The van der Waals surface area contributed by atoms with Crippen LogP contribution in [0.4, 0.5) is 32.8 Å². The molecule has 0 unspecified atom stereocenters. The van der Waals surface area contributed by atoms with E-state index in [4.69, 9.17) is 15.2 Å². The van der Waals surface area contributed by atoms with Crippen LogP contribution in [0, 0.1) is 5.82 Å². The number of carbonyl (C=O) groups excluding carboxylic acids is 1. The van der Waals surface area contributed by atoms with Crippen molar-refractivity contribution in [3.05, 3.63) is 107 Å². The third-order valence-corrected chi connectivity index (χ3v) is 6.43. The van der Waals surface area contributed by atoms with Gasteiger partial charge in [0, 0.05) is 45.7 Å². The van der Waals surface area contributed by atoms with Crippen molar-refractivity contribution in [1.29, 1.82) is 0 Å². The van der Waals surface area contributed by atoms with Gasteiger partial charge >= 0.3 is 0 Å². The van der Waals surface area contributed by atoms with Crippen molar-refractivity contribution in [3.63, 3.8) is 0 Å². The van der Waals surface area contributed by atoms with E-state index in [0.717, 1.165) is 16.8 Å². The van der Waals surface area contributed by atoms with Crippen molar-refractivity contribution in [3.8, 4) is 5.75 Å². The van der Waals surface area contributed by atoms with Gasteiger partial charge in [0.1, 0.15) is 22.9 Å². The number of methoxy groups -OCH3 is 2. The van der Waals surface area contributed by atoms with Crippen molar-refractivity contribution < 1.29 is 18.7 Å². The van der Waals surface area contributed by atoms with Crippen LogP contribution in [0.15, 0.2) is 95.2 Å². The number of carbonyl (C=O) groups is 1. The highest BCUT2D eigenvalue weighted by molar-refractivity contribution is 5.94. The van der Waals surface area contributed by atoms with Crippen LogP contribution in [-0.2, 0) is 22.5 Å². The number of nitrogens with zero attached hydrogens (tertiary/aromatic N) is 3. The van der Waals surface area contributed by atoms with Gasteiger partial charge in [0.15, 0.2) is 0 Å². The van der Waals surface area contributed by atoms with Gasteiger partial charge in [0.25, 0.3) is 0 Å². The van der Waals surface area contributed by atoms with E-state index in [-0.39, 0.29) is 11.6 Å². The highest BCUT2D eigenvalue weighted by Gasteiger charge is 2.18. The number of azo groups is 1. The van der Waals surface area contributed by atoms with E-state index >= 15 is 0 Å². The standard InChI is InChI=1S/C32H34FN5O3/c1-22(39)35-29-19-31(38(14-15-40-2)21-24-12-8-5-9-13-24)32(41-3)20-30(29)37-36-28-18-26(33)25(17-27(28)34)16-23-10-6-4-7-11-23/h4-13,17-20H,14-16,21,34H2,1-3H3,(H,35,39)/b37-36+. The first-order chi connectivity index (χ1) is 19.9. The van der Waals surface area contributed by atoms with Gasteiger partial charge in [-0.2, -0.15) is 0 Å². The van der Waals surface area contributed by atoms with Crippen LogP contribution in [0.2, 0.25) is 0 Å². The molecule has 0 aromatic heterocycles. The fraction of sp³-hybridized carbons (Fsp3) is 0.219. The normalized spacial score (nSPS) is 11.0. The molecule has 1 amide bonds. The molecule has 41 heavy (non-hydrogen) atoms. The van der Waals surface area contributed by atoms with E-state index in [9.17, 15) is 9.18 Å². The first-order valence-corrected chi connectivity index (χ1v) is 13.2. The minimum atomic E-state index is -0.429. The molecule has 4 aromatic rings. The third kappa shape index (κ3) is 7.89. The SMILES string of the molecule is COCCN(Cc1ccccc1)c1cc(NC(C)=O)c(/N=N/c2cc(F)c(Cc3ccccc3)cc2N)cc1OC. The monoisotopic (exact) mass is 555 g/mol. The van der Waals surface area contributed by atoms with Crippen molar-refractivity contribution in [2.45, 2.75) is 19.9 Å². The number of nitrogens with one attached hydrogen (secondary N) is 1. The first kappa shape index (κ1) is 29.2. The van der Waals surface area contributed by atoms with E-state index in [2.05, 4.69) is 20.4 Å². The molecule has 0 aliphatic heterocycles. The summed E-state index contributed by atoms with van der Waals surface area (Å²) in [6, 6.07) is 25.9. The van der Waals surface area contributed by atoms with Crippen LogP contribution < -0.4 is 20.7 Å². The summed E-state index contributed by atoms with van der Waals surface area (Å²) in [6.45, 7) is 3.06. The lowest BCUT2D eigenvalue weighted by Gasteiger charge is -2.27. The second-order valence-corrected chi connectivity index (χ2v) is 9.49. The maximum absolute atomic E-state index is 15.0. The highest BCUT2D eigenvalue weighted by atomic mass is 19.1. The van der Waals surface area contributed by atoms with Crippen molar-refractivity contribution in [1.82, 2.24) is 0 Å². The summed E-state index contributed by atoms with van der Waals surface area (Å²) in [5, 5.41) is 11.4. The fourth-order valence-corrected chi connectivity index (χ4v) is 4.40. The van der Waals surface area contributed by atoms with E-state index in [1.165, 1.54) is 13.0 Å². The minimum absolute atomic E-state index is 0.182. The zero-order valence-electron chi connectivity index (χ0n) is 23.4. The minimum Gasteiger partial charge on any atom is -0.494 e. The topological polar surface area (TPSA) is 102 Å². The van der Waals surface area contributed by atoms with Crippen molar-refractivity contribution in [2.75, 3.05) is 43.3 Å². The van der Waals surface area contributed by atoms with E-state index in [1.807, 2.05) is 60.7 Å². The molecular weight excluding hydrogens is 521 g/mol. The predicted octanol–water partition coefficient (Wildman–Crippen LogP) is 7.03. The average molecular weight is 556 g/mol. The molecule has 0 saturated carbocycles. The quantitative estimate of drug-likeness (QED) is 0.144. The molecule has 8 nitrogen and oxygen atoms in total. The molecule has 0 aliphatic carbocycles. The van der Waals surface area contributed by atoms with Crippen molar-refractivity contribution in [2.24, 2.45) is 10.2 Å². The Hall–Kier alpha value is -4.76. The molecule has 0 spiro atoms. The van der Waals surface area contributed by atoms with Gasteiger partial charge < -0.3 is 25.4 Å². The smallest absolute Gasteiger partial charge is 0.221 e. The number of ether oxygens (including phenoxy) is 2. The van der Waals surface area contributed by atoms with Crippen molar-refractivity contribution >= 4 is 34.3 Å². The zero-order chi connectivity index (χ0) is 29.2. The molecule has 0 saturated heterocycles. The molecule has 0 aliphatic rings. The maximum Gasteiger partial charge on any atom is 0.221 e. The summed E-state index contributed by atoms with van der Waals surface area (Å²) in [5.41, 5.74) is 10.7. The maximum atomic E-state index is 15.0. The number of hydrogen-bond acceptors (Lipinski definition) is 7. The summed E-state index contributed by atoms with van der Waals surface area (Å²) in [7, 11) is 3.21. The molecule has 4 aromatic carbocycles. The number of amides is 1. The molecule has 0 fully saturated rings. The summed E-state index contributed by atoms with van der Waals surface area (Å²) >= 11 is 0. The van der Waals surface area contributed by atoms with E-state index in [0.29, 0.717) is 54.5 Å². The van der Waals surface area contributed by atoms with Gasteiger partial charge in [0.2, 0.25) is 5.91 Å². The number of nitrogen functional groups attached to an aromatic ring is 1. The zero-order valence-corrected chi connectivity index (χ0v) is 23.4. The molecule has 4 rings (SSSR count). The Morgan fingerprint density at radius 2 is 1.59 bits per heavy atom. The van der Waals surface area contributed by atoms with Crippen LogP contribution in [0.5, 0.6) is 5.75 Å². The number of anilines is 3. The Balaban J connectivity index is 1.68. The Morgan fingerprint density at radius 1 is 0.927 bits per heavy atom. The number of benzene rings is 4. The third-order valence-electron chi connectivity index (χ3n) is 6.43. The van der Waals surface area contributed by atoms with Gasteiger partial charge in [-0.05, 0) is 28.8 Å². The lowest BCUT2D eigenvalue weighted by Crippen LogP contribution is -2.27. The largest absolute Gasteiger partial charge is 0.494 e. The van der Waals surface area contributed by atoms with Crippen LogP contribution in [0.3, 0.4) is 0 Å². The van der Waals surface area contributed by atoms with E-state index in [1.54, 1.807) is 32.4 Å². The first-order valence-electron chi connectivity index (χ1n) is 13.2. The summed E-state index contributed by atoms with van der Waals surface area (Å²) in [4.78, 5) is 14.2. The number of nitrogens with two attached hydrogens (primary N) is 1. The molecule has 0 radical (unpaired) electrons. The fourth-order valence-electron chi connectivity index (χ4n) is 4.40. The molecular formula is C32H34FN5O3. The summed E-state index contributed by atoms with van der Waals surface area (Å²) < 4.78 is 26.1. The van der Waals surface area contributed by atoms with Gasteiger partial charge in [-0.3, -0.25) is 4.79 Å². The van der Waals surface area contributed by atoms with Gasteiger partial charge in [-0.25, -0.2) is 4.39 Å². The lowest BCUT2D eigenvalue weighted by atomic mass is 10.0. The number of hydrogen-bond donors (Lipinski definition) is 2. The van der Waals surface area contributed by atoms with Crippen LogP contribution in [0.25, 0.3) is 0 Å². The summed E-state index contributed by atoms with van der Waals surface area (Å²) in [6.07, 6.45) is 0.405. The number of rotatable bonds is 12. The molecule has 0 bridgehead atoms. The van der Waals surface area contributed by atoms with Crippen LogP contribution in [-0.4, -0.2) is 33.3 Å². The second kappa shape index (κ2) is 14.0. The molecule has 0 atom stereocenters. The lowest BCUT2D eigenvalue weighted by molar-refractivity contribution is -0.114. The molecule has 9 heteroatoms. The molecule has 0 heterocycles.